The largest absolute Gasteiger partial charge is 0.469 e. The van der Waals surface area contributed by atoms with E-state index in [-0.39, 0.29) is 23.1 Å². The van der Waals surface area contributed by atoms with Gasteiger partial charge in [-0.2, -0.15) is 0 Å². The van der Waals surface area contributed by atoms with Crippen molar-refractivity contribution in [2.75, 3.05) is 26.7 Å². The second-order valence-corrected chi connectivity index (χ2v) is 6.39. The number of esters is 1. The number of guanidine groups is 1. The maximum absolute atomic E-state index is 13.4. The van der Waals surface area contributed by atoms with Gasteiger partial charge in [-0.25, -0.2) is 4.39 Å². The first-order chi connectivity index (χ1) is 11.3. The Hall–Kier alpha value is -2.11. The van der Waals surface area contributed by atoms with Crippen LogP contribution >= 0.6 is 0 Å². The molecule has 0 aliphatic rings. The number of nitrogens with one attached hydrogen (secondary N) is 2. The number of nitrogens with zero attached hydrogens (tertiary/aromatic N) is 1. The molecule has 5 nitrogen and oxygen atoms in total. The van der Waals surface area contributed by atoms with Gasteiger partial charge in [0.15, 0.2) is 5.96 Å². The van der Waals surface area contributed by atoms with Crippen LogP contribution in [0.25, 0.3) is 0 Å². The van der Waals surface area contributed by atoms with Crippen molar-refractivity contribution in [1.82, 2.24) is 10.6 Å². The fourth-order valence-electron chi connectivity index (χ4n) is 2.15. The summed E-state index contributed by atoms with van der Waals surface area (Å²) in [4.78, 5) is 16.0. The SMILES string of the molecule is CCNC(=NCC(C)(C)c1cccc(F)c1)NCC(C)C(=O)OC. The Morgan fingerprint density at radius 1 is 1.38 bits per heavy atom. The van der Waals surface area contributed by atoms with Gasteiger partial charge in [-0.3, -0.25) is 9.79 Å². The summed E-state index contributed by atoms with van der Waals surface area (Å²) in [5.74, 6) is -0.159. The Balaban J connectivity index is 2.75. The number of carbonyl (C=O) groups excluding carboxylic acids is 1. The van der Waals surface area contributed by atoms with Gasteiger partial charge in [-0.1, -0.05) is 32.9 Å². The first kappa shape index (κ1) is 19.9. The van der Waals surface area contributed by atoms with E-state index in [4.69, 9.17) is 4.74 Å². The predicted octanol–water partition coefficient (Wildman–Crippen LogP) is 2.47. The third-order valence-electron chi connectivity index (χ3n) is 3.76. The van der Waals surface area contributed by atoms with E-state index in [0.29, 0.717) is 25.6 Å². The number of benzene rings is 1. The van der Waals surface area contributed by atoms with Crippen LogP contribution in [-0.4, -0.2) is 38.7 Å². The van der Waals surface area contributed by atoms with Crippen molar-refractivity contribution in [2.45, 2.75) is 33.1 Å². The Bertz CT molecular complexity index is 573. The highest BCUT2D eigenvalue weighted by molar-refractivity contribution is 5.80. The Morgan fingerprint density at radius 3 is 2.67 bits per heavy atom. The van der Waals surface area contributed by atoms with Gasteiger partial charge in [-0.15, -0.1) is 0 Å². The molecule has 0 bridgehead atoms. The number of aliphatic imine (C=N–C) groups is 1. The topological polar surface area (TPSA) is 62.7 Å². The van der Waals surface area contributed by atoms with Crippen molar-refractivity contribution >= 4 is 11.9 Å². The number of halogens is 1. The molecule has 0 heterocycles. The molecule has 1 rings (SSSR count). The highest BCUT2D eigenvalue weighted by atomic mass is 19.1. The van der Waals surface area contributed by atoms with Gasteiger partial charge >= 0.3 is 5.97 Å². The van der Waals surface area contributed by atoms with Gasteiger partial charge in [0, 0.05) is 18.5 Å². The Kier molecular flexibility index (Phi) is 7.68. The van der Waals surface area contributed by atoms with Crippen LogP contribution in [0.2, 0.25) is 0 Å². The standard InChI is InChI=1S/C18H28FN3O2/c1-6-20-17(21-11-13(2)16(23)24-5)22-12-18(3,4)14-8-7-9-15(19)10-14/h7-10,13H,6,11-12H2,1-5H3,(H2,20,21,22). The maximum Gasteiger partial charge on any atom is 0.310 e. The van der Waals surface area contributed by atoms with Gasteiger partial charge in [-0.05, 0) is 24.6 Å². The molecule has 0 aliphatic carbocycles. The van der Waals surface area contributed by atoms with Crippen LogP contribution in [0.4, 0.5) is 4.39 Å². The second kappa shape index (κ2) is 9.25. The molecule has 0 aromatic heterocycles. The minimum atomic E-state index is -0.307. The average molecular weight is 337 g/mol. The zero-order valence-corrected chi connectivity index (χ0v) is 15.1. The summed E-state index contributed by atoms with van der Waals surface area (Å²) < 4.78 is 18.1. The Labute approximate surface area is 143 Å². The molecule has 0 aliphatic heterocycles. The zero-order valence-electron chi connectivity index (χ0n) is 15.1. The average Bonchev–Trinajstić information content (AvgIpc) is 2.56. The van der Waals surface area contributed by atoms with E-state index in [1.54, 1.807) is 13.0 Å². The van der Waals surface area contributed by atoms with Gasteiger partial charge in [0.05, 0.1) is 19.6 Å². The fourth-order valence-corrected chi connectivity index (χ4v) is 2.15. The third kappa shape index (κ3) is 6.18. The lowest BCUT2D eigenvalue weighted by atomic mass is 9.85. The first-order valence-corrected chi connectivity index (χ1v) is 8.16. The minimum Gasteiger partial charge on any atom is -0.469 e. The second-order valence-electron chi connectivity index (χ2n) is 6.39. The molecule has 1 unspecified atom stereocenters. The van der Waals surface area contributed by atoms with Gasteiger partial charge in [0.1, 0.15) is 5.82 Å². The van der Waals surface area contributed by atoms with Crippen molar-refractivity contribution in [3.05, 3.63) is 35.6 Å². The number of ether oxygens (including phenoxy) is 1. The molecule has 0 saturated heterocycles. The molecule has 0 spiro atoms. The summed E-state index contributed by atoms with van der Waals surface area (Å²) in [6.07, 6.45) is 0. The summed E-state index contributed by atoms with van der Waals surface area (Å²) in [6, 6.07) is 6.58. The summed E-state index contributed by atoms with van der Waals surface area (Å²) in [5.41, 5.74) is 0.586. The summed E-state index contributed by atoms with van der Waals surface area (Å²) >= 11 is 0. The molecular formula is C18H28FN3O2. The molecule has 1 aromatic rings. The van der Waals surface area contributed by atoms with E-state index in [0.717, 1.165) is 5.56 Å². The molecule has 24 heavy (non-hydrogen) atoms. The quantitative estimate of drug-likeness (QED) is 0.456. The fraction of sp³-hybridized carbons (Fsp3) is 0.556. The smallest absolute Gasteiger partial charge is 0.310 e. The van der Waals surface area contributed by atoms with Gasteiger partial charge in [0.25, 0.3) is 0 Å². The number of carbonyl (C=O) groups is 1. The van der Waals surface area contributed by atoms with Crippen molar-refractivity contribution in [3.8, 4) is 0 Å². The van der Waals surface area contributed by atoms with Crippen molar-refractivity contribution in [2.24, 2.45) is 10.9 Å². The zero-order chi connectivity index (χ0) is 18.2. The molecular weight excluding hydrogens is 309 g/mol. The lowest BCUT2D eigenvalue weighted by Gasteiger charge is -2.24. The van der Waals surface area contributed by atoms with Gasteiger partial charge in [0.2, 0.25) is 0 Å². The summed E-state index contributed by atoms with van der Waals surface area (Å²) in [5, 5.41) is 6.28. The van der Waals surface area contributed by atoms with Crippen LogP contribution in [0.1, 0.15) is 33.3 Å². The first-order valence-electron chi connectivity index (χ1n) is 8.16. The molecule has 0 amide bonds. The predicted molar refractivity (Wildman–Crippen MR) is 94.6 cm³/mol. The lowest BCUT2D eigenvalue weighted by molar-refractivity contribution is -0.144. The summed E-state index contributed by atoms with van der Waals surface area (Å²) in [6.45, 7) is 9.42. The maximum atomic E-state index is 13.4. The Morgan fingerprint density at radius 2 is 2.08 bits per heavy atom. The van der Waals surface area contributed by atoms with Crippen LogP contribution in [0.15, 0.2) is 29.3 Å². The molecule has 0 fully saturated rings. The highest BCUT2D eigenvalue weighted by Gasteiger charge is 2.21. The highest BCUT2D eigenvalue weighted by Crippen LogP contribution is 2.24. The number of hydrogen-bond acceptors (Lipinski definition) is 3. The normalized spacial score (nSPS) is 13.3. The van der Waals surface area contributed by atoms with E-state index in [9.17, 15) is 9.18 Å². The third-order valence-corrected chi connectivity index (χ3v) is 3.76. The van der Waals surface area contributed by atoms with Crippen LogP contribution in [0.5, 0.6) is 0 Å². The van der Waals surface area contributed by atoms with E-state index >= 15 is 0 Å². The van der Waals surface area contributed by atoms with Crippen LogP contribution in [-0.2, 0) is 14.9 Å². The number of methoxy groups -OCH3 is 1. The molecule has 134 valence electrons. The van der Waals surface area contributed by atoms with E-state index in [2.05, 4.69) is 15.6 Å². The van der Waals surface area contributed by atoms with Crippen LogP contribution in [0, 0.1) is 11.7 Å². The molecule has 1 aromatic carbocycles. The number of rotatable bonds is 7. The van der Waals surface area contributed by atoms with Gasteiger partial charge < -0.3 is 15.4 Å². The molecule has 0 saturated carbocycles. The monoisotopic (exact) mass is 337 g/mol. The molecule has 2 N–H and O–H groups in total. The minimum absolute atomic E-state index is 0.249. The van der Waals surface area contributed by atoms with Crippen LogP contribution in [0.3, 0.4) is 0 Å². The van der Waals surface area contributed by atoms with E-state index < -0.39 is 0 Å². The lowest BCUT2D eigenvalue weighted by Crippen LogP contribution is -2.41. The van der Waals surface area contributed by atoms with Crippen molar-refractivity contribution in [1.29, 1.82) is 0 Å². The van der Waals surface area contributed by atoms with Crippen LogP contribution < -0.4 is 10.6 Å². The number of hydrogen-bond donors (Lipinski definition) is 2. The summed E-state index contributed by atoms with van der Waals surface area (Å²) in [7, 11) is 1.37. The molecule has 0 radical (unpaired) electrons. The molecule has 1 atom stereocenters. The van der Waals surface area contributed by atoms with Crippen molar-refractivity contribution in [3.63, 3.8) is 0 Å². The molecule has 6 heteroatoms. The van der Waals surface area contributed by atoms with E-state index in [1.807, 2.05) is 26.8 Å². The van der Waals surface area contributed by atoms with Crippen molar-refractivity contribution < 1.29 is 13.9 Å². The van der Waals surface area contributed by atoms with E-state index in [1.165, 1.54) is 19.2 Å².